The summed E-state index contributed by atoms with van der Waals surface area (Å²) in [7, 11) is 0. The lowest BCUT2D eigenvalue weighted by molar-refractivity contribution is -0.133. The number of amides is 2. The summed E-state index contributed by atoms with van der Waals surface area (Å²) in [6, 6.07) is 7.21. The first-order valence-electron chi connectivity index (χ1n) is 7.52. The van der Waals surface area contributed by atoms with Gasteiger partial charge in [-0.25, -0.2) is 0 Å². The smallest absolute Gasteiger partial charge is 0.248 e. The predicted octanol–water partition coefficient (Wildman–Crippen LogP) is 0.763. The number of nitrogens with one attached hydrogen (secondary N) is 1. The number of hydrogen-bond acceptors (Lipinski definition) is 4. The number of nitrogens with zero attached hydrogens (tertiary/aromatic N) is 1. The van der Waals surface area contributed by atoms with Crippen molar-refractivity contribution in [3.63, 3.8) is 0 Å². The minimum absolute atomic E-state index is 0.106. The van der Waals surface area contributed by atoms with Gasteiger partial charge in [0.05, 0.1) is 13.0 Å². The van der Waals surface area contributed by atoms with Crippen LogP contribution in [-0.2, 0) is 4.79 Å². The number of nitrogens with two attached hydrogens (primary N) is 1. The number of primary amides is 1. The standard InChI is InChI=1S/C16H23N3O3/c1-11-9-19(10-12(2)18-11)15(20)7-8-22-14-5-3-13(4-6-14)16(17)21/h3-6,11-12,18H,7-10H2,1-2H3,(H2,17,21). The summed E-state index contributed by atoms with van der Waals surface area (Å²) < 4.78 is 5.54. The fourth-order valence-corrected chi connectivity index (χ4v) is 2.66. The Hall–Kier alpha value is -2.08. The molecule has 6 heteroatoms. The second-order valence-corrected chi connectivity index (χ2v) is 5.75. The lowest BCUT2D eigenvalue weighted by Gasteiger charge is -2.36. The number of benzene rings is 1. The number of carbonyl (C=O) groups excluding carboxylic acids is 2. The van der Waals surface area contributed by atoms with E-state index in [1.54, 1.807) is 24.3 Å². The molecule has 1 aliphatic heterocycles. The van der Waals surface area contributed by atoms with E-state index in [4.69, 9.17) is 10.5 Å². The molecule has 0 aliphatic carbocycles. The molecular weight excluding hydrogens is 282 g/mol. The van der Waals surface area contributed by atoms with E-state index in [0.717, 1.165) is 13.1 Å². The highest BCUT2D eigenvalue weighted by Crippen LogP contribution is 2.13. The van der Waals surface area contributed by atoms with Crippen LogP contribution in [0.25, 0.3) is 0 Å². The topological polar surface area (TPSA) is 84.7 Å². The lowest BCUT2D eigenvalue weighted by Crippen LogP contribution is -2.56. The molecule has 120 valence electrons. The molecule has 0 saturated carbocycles. The highest BCUT2D eigenvalue weighted by Gasteiger charge is 2.24. The summed E-state index contributed by atoms with van der Waals surface area (Å²) in [6.45, 7) is 5.94. The number of rotatable bonds is 5. The van der Waals surface area contributed by atoms with Crippen molar-refractivity contribution in [3.8, 4) is 5.75 Å². The maximum Gasteiger partial charge on any atom is 0.248 e. The summed E-state index contributed by atoms with van der Waals surface area (Å²) in [5.74, 6) is 0.262. The zero-order chi connectivity index (χ0) is 16.1. The summed E-state index contributed by atoms with van der Waals surface area (Å²) in [6.07, 6.45) is 0.344. The first kappa shape index (κ1) is 16.3. The van der Waals surface area contributed by atoms with Crippen LogP contribution in [0, 0.1) is 0 Å². The Balaban J connectivity index is 1.78. The fourth-order valence-electron chi connectivity index (χ4n) is 2.66. The van der Waals surface area contributed by atoms with E-state index in [1.165, 1.54) is 0 Å². The Morgan fingerprint density at radius 2 is 1.82 bits per heavy atom. The third-order valence-corrected chi connectivity index (χ3v) is 3.63. The quantitative estimate of drug-likeness (QED) is 0.841. The molecule has 1 fully saturated rings. The van der Waals surface area contributed by atoms with E-state index < -0.39 is 5.91 Å². The van der Waals surface area contributed by atoms with Crippen LogP contribution >= 0.6 is 0 Å². The second kappa shape index (κ2) is 7.26. The van der Waals surface area contributed by atoms with Gasteiger partial charge in [-0.1, -0.05) is 0 Å². The third kappa shape index (κ3) is 4.46. The average Bonchev–Trinajstić information content (AvgIpc) is 2.46. The van der Waals surface area contributed by atoms with Crippen molar-refractivity contribution in [2.75, 3.05) is 19.7 Å². The number of ether oxygens (including phenoxy) is 1. The zero-order valence-corrected chi connectivity index (χ0v) is 13.0. The maximum atomic E-state index is 12.2. The maximum absolute atomic E-state index is 12.2. The van der Waals surface area contributed by atoms with Crippen LogP contribution in [0.3, 0.4) is 0 Å². The van der Waals surface area contributed by atoms with E-state index in [1.807, 2.05) is 4.90 Å². The van der Waals surface area contributed by atoms with Gasteiger partial charge in [0, 0.05) is 30.7 Å². The van der Waals surface area contributed by atoms with Crippen LogP contribution in [0.2, 0.25) is 0 Å². The van der Waals surface area contributed by atoms with Crippen molar-refractivity contribution < 1.29 is 14.3 Å². The fraction of sp³-hybridized carbons (Fsp3) is 0.500. The molecular formula is C16H23N3O3. The van der Waals surface area contributed by atoms with Gasteiger partial charge >= 0.3 is 0 Å². The average molecular weight is 305 g/mol. The second-order valence-electron chi connectivity index (χ2n) is 5.75. The SMILES string of the molecule is CC1CN(C(=O)CCOc2ccc(C(N)=O)cc2)CC(C)N1. The first-order valence-corrected chi connectivity index (χ1v) is 7.52. The van der Waals surface area contributed by atoms with E-state index in [-0.39, 0.29) is 5.91 Å². The molecule has 1 saturated heterocycles. The highest BCUT2D eigenvalue weighted by atomic mass is 16.5. The molecule has 2 unspecified atom stereocenters. The van der Waals surface area contributed by atoms with Crippen LogP contribution in [0.5, 0.6) is 5.75 Å². The number of hydrogen-bond donors (Lipinski definition) is 2. The molecule has 0 radical (unpaired) electrons. The summed E-state index contributed by atoms with van der Waals surface area (Å²) in [5.41, 5.74) is 5.61. The van der Waals surface area contributed by atoms with E-state index in [9.17, 15) is 9.59 Å². The Kier molecular flexibility index (Phi) is 5.38. The Morgan fingerprint density at radius 3 is 2.36 bits per heavy atom. The molecule has 1 aliphatic rings. The summed E-state index contributed by atoms with van der Waals surface area (Å²) in [5, 5.41) is 3.40. The van der Waals surface area contributed by atoms with Gasteiger partial charge in [-0.2, -0.15) is 0 Å². The van der Waals surface area contributed by atoms with Gasteiger partial charge in [-0.3, -0.25) is 9.59 Å². The Morgan fingerprint density at radius 1 is 1.23 bits per heavy atom. The van der Waals surface area contributed by atoms with Crippen molar-refractivity contribution in [1.82, 2.24) is 10.2 Å². The first-order chi connectivity index (χ1) is 10.5. The molecule has 0 aromatic heterocycles. The van der Waals surface area contributed by atoms with Crippen molar-refractivity contribution >= 4 is 11.8 Å². The minimum atomic E-state index is -0.469. The van der Waals surface area contributed by atoms with Gasteiger partial charge in [0.25, 0.3) is 0 Å². The van der Waals surface area contributed by atoms with Crippen LogP contribution in [0.4, 0.5) is 0 Å². The molecule has 3 N–H and O–H groups in total. The normalized spacial score (nSPS) is 21.5. The van der Waals surface area contributed by atoms with E-state index in [2.05, 4.69) is 19.2 Å². The molecule has 2 atom stereocenters. The monoisotopic (exact) mass is 305 g/mol. The van der Waals surface area contributed by atoms with Crippen molar-refractivity contribution in [2.24, 2.45) is 5.73 Å². The molecule has 0 bridgehead atoms. The van der Waals surface area contributed by atoms with E-state index >= 15 is 0 Å². The summed E-state index contributed by atoms with van der Waals surface area (Å²) >= 11 is 0. The minimum Gasteiger partial charge on any atom is -0.493 e. The van der Waals surface area contributed by atoms with Gasteiger partial charge in [0.1, 0.15) is 5.75 Å². The van der Waals surface area contributed by atoms with E-state index in [0.29, 0.717) is 36.4 Å². The largest absolute Gasteiger partial charge is 0.493 e. The molecule has 6 nitrogen and oxygen atoms in total. The summed E-state index contributed by atoms with van der Waals surface area (Å²) in [4.78, 5) is 25.0. The molecule has 1 aromatic carbocycles. The molecule has 2 rings (SSSR count). The van der Waals surface area contributed by atoms with Crippen molar-refractivity contribution in [1.29, 1.82) is 0 Å². The van der Waals surface area contributed by atoms with Crippen LogP contribution in [0.1, 0.15) is 30.6 Å². The lowest BCUT2D eigenvalue weighted by atomic mass is 10.1. The van der Waals surface area contributed by atoms with Crippen molar-refractivity contribution in [2.45, 2.75) is 32.4 Å². The zero-order valence-electron chi connectivity index (χ0n) is 13.0. The molecule has 1 heterocycles. The van der Waals surface area contributed by atoms with Crippen LogP contribution < -0.4 is 15.8 Å². The van der Waals surface area contributed by atoms with Gasteiger partial charge in [0.2, 0.25) is 11.8 Å². The predicted molar refractivity (Wildman–Crippen MR) is 83.7 cm³/mol. The van der Waals surface area contributed by atoms with Gasteiger partial charge in [0.15, 0.2) is 0 Å². The van der Waals surface area contributed by atoms with Crippen LogP contribution in [-0.4, -0.2) is 48.5 Å². The van der Waals surface area contributed by atoms with Crippen LogP contribution in [0.15, 0.2) is 24.3 Å². The molecule has 22 heavy (non-hydrogen) atoms. The van der Waals surface area contributed by atoms with Gasteiger partial charge in [-0.05, 0) is 38.1 Å². The van der Waals surface area contributed by atoms with Crippen molar-refractivity contribution in [3.05, 3.63) is 29.8 Å². The third-order valence-electron chi connectivity index (χ3n) is 3.63. The Labute approximate surface area is 130 Å². The number of piperazine rings is 1. The highest BCUT2D eigenvalue weighted by molar-refractivity contribution is 5.92. The Bertz CT molecular complexity index is 520. The molecule has 0 spiro atoms. The number of carbonyl (C=O) groups is 2. The molecule has 1 aromatic rings. The van der Waals surface area contributed by atoms with Gasteiger partial charge in [-0.15, -0.1) is 0 Å². The molecule has 2 amide bonds. The van der Waals surface area contributed by atoms with Gasteiger partial charge < -0.3 is 20.7 Å².